The predicted molar refractivity (Wildman–Crippen MR) is 98.0 cm³/mol. The second-order valence-electron chi connectivity index (χ2n) is 5.30. The number of hydrogen-bond acceptors (Lipinski definition) is 5. The van der Waals surface area contributed by atoms with Crippen LogP contribution in [0.2, 0.25) is 5.02 Å². The zero-order valence-electron chi connectivity index (χ0n) is 13.1. The van der Waals surface area contributed by atoms with Crippen molar-refractivity contribution in [2.24, 2.45) is 0 Å². The quantitative estimate of drug-likeness (QED) is 0.614. The zero-order chi connectivity index (χ0) is 17.3. The summed E-state index contributed by atoms with van der Waals surface area (Å²) in [4.78, 5) is 12.8. The van der Waals surface area contributed by atoms with Crippen LogP contribution in [-0.4, -0.2) is 16.1 Å². The lowest BCUT2D eigenvalue weighted by molar-refractivity contribution is 0.103. The summed E-state index contributed by atoms with van der Waals surface area (Å²) in [6.45, 7) is 4.20. The fourth-order valence-electron chi connectivity index (χ4n) is 2.43. The summed E-state index contributed by atoms with van der Waals surface area (Å²) in [7, 11) is 0. The van der Waals surface area contributed by atoms with Crippen molar-refractivity contribution < 1.29 is 9.18 Å². The standard InChI is InChI=1S/C16H15ClFN3OS2/c1-3-8(4-2)15-20-21-16(24-15)19-14(22)13-12(17)10-6-5-9(18)7-11(10)23-13/h5-8H,3-4H2,1-2H3,(H,19,21,22). The van der Waals surface area contributed by atoms with Crippen molar-refractivity contribution in [2.45, 2.75) is 32.6 Å². The molecule has 24 heavy (non-hydrogen) atoms. The van der Waals surface area contributed by atoms with Crippen LogP contribution in [-0.2, 0) is 0 Å². The van der Waals surface area contributed by atoms with Crippen LogP contribution in [0.4, 0.5) is 9.52 Å². The van der Waals surface area contributed by atoms with Gasteiger partial charge in [-0.1, -0.05) is 36.8 Å². The van der Waals surface area contributed by atoms with Gasteiger partial charge in [-0.25, -0.2) is 4.39 Å². The topological polar surface area (TPSA) is 54.9 Å². The monoisotopic (exact) mass is 383 g/mol. The van der Waals surface area contributed by atoms with Gasteiger partial charge in [-0.05, 0) is 31.0 Å². The Morgan fingerprint density at radius 3 is 2.75 bits per heavy atom. The highest BCUT2D eigenvalue weighted by molar-refractivity contribution is 7.22. The number of nitrogens with zero attached hydrogens (tertiary/aromatic N) is 2. The highest BCUT2D eigenvalue weighted by Gasteiger charge is 2.20. The number of nitrogens with one attached hydrogen (secondary N) is 1. The van der Waals surface area contributed by atoms with Crippen LogP contribution in [0.1, 0.15) is 47.3 Å². The Morgan fingerprint density at radius 1 is 1.29 bits per heavy atom. The molecule has 1 amide bonds. The Hall–Kier alpha value is -1.57. The number of amides is 1. The van der Waals surface area contributed by atoms with Gasteiger partial charge in [0, 0.05) is 16.0 Å². The summed E-state index contributed by atoms with van der Waals surface area (Å²) >= 11 is 8.80. The number of rotatable bonds is 5. The maximum absolute atomic E-state index is 13.3. The number of carbonyl (C=O) groups excluding carboxylic acids is 1. The molecule has 8 heteroatoms. The molecule has 0 aliphatic heterocycles. The lowest BCUT2D eigenvalue weighted by Crippen LogP contribution is -2.10. The Labute approximate surface area is 151 Å². The molecule has 3 rings (SSSR count). The van der Waals surface area contributed by atoms with Crippen LogP contribution in [0.3, 0.4) is 0 Å². The molecule has 0 atom stereocenters. The minimum Gasteiger partial charge on any atom is -0.296 e. The van der Waals surface area contributed by atoms with E-state index in [2.05, 4.69) is 29.4 Å². The third-order valence-corrected chi connectivity index (χ3v) is 6.45. The first-order chi connectivity index (χ1) is 11.5. The van der Waals surface area contributed by atoms with Gasteiger partial charge in [0.25, 0.3) is 5.91 Å². The molecule has 0 saturated heterocycles. The summed E-state index contributed by atoms with van der Waals surface area (Å²) in [5.41, 5.74) is 0. The van der Waals surface area contributed by atoms with Gasteiger partial charge >= 0.3 is 0 Å². The molecule has 2 aromatic heterocycles. The zero-order valence-corrected chi connectivity index (χ0v) is 15.5. The van der Waals surface area contributed by atoms with E-state index >= 15 is 0 Å². The minimum absolute atomic E-state index is 0.331. The van der Waals surface area contributed by atoms with Gasteiger partial charge in [0.05, 0.1) is 5.02 Å². The molecule has 1 aromatic carbocycles. The van der Waals surface area contributed by atoms with E-state index in [9.17, 15) is 9.18 Å². The van der Waals surface area contributed by atoms with Gasteiger partial charge in [-0.3, -0.25) is 10.1 Å². The molecule has 0 aliphatic rings. The smallest absolute Gasteiger partial charge is 0.269 e. The average Bonchev–Trinajstić information content (AvgIpc) is 3.13. The van der Waals surface area contributed by atoms with Crippen molar-refractivity contribution in [3.63, 3.8) is 0 Å². The first-order valence-electron chi connectivity index (χ1n) is 7.55. The molecule has 0 radical (unpaired) electrons. The van der Waals surface area contributed by atoms with Crippen LogP contribution in [0.5, 0.6) is 0 Å². The third kappa shape index (κ3) is 3.29. The van der Waals surface area contributed by atoms with Crippen LogP contribution >= 0.6 is 34.3 Å². The first kappa shape index (κ1) is 17.3. The Morgan fingerprint density at radius 2 is 2.04 bits per heavy atom. The van der Waals surface area contributed by atoms with Crippen molar-refractivity contribution in [2.75, 3.05) is 5.32 Å². The summed E-state index contributed by atoms with van der Waals surface area (Å²) in [6.07, 6.45) is 1.96. The highest BCUT2D eigenvalue weighted by Crippen LogP contribution is 2.36. The van der Waals surface area contributed by atoms with Gasteiger partial charge in [0.1, 0.15) is 15.7 Å². The van der Waals surface area contributed by atoms with Crippen molar-refractivity contribution in [3.05, 3.63) is 38.9 Å². The van der Waals surface area contributed by atoms with Crippen molar-refractivity contribution in [3.8, 4) is 0 Å². The van der Waals surface area contributed by atoms with E-state index in [0.717, 1.165) is 29.2 Å². The largest absolute Gasteiger partial charge is 0.296 e. The molecular weight excluding hydrogens is 369 g/mol. The van der Waals surface area contributed by atoms with Crippen LogP contribution < -0.4 is 5.32 Å². The van der Waals surface area contributed by atoms with E-state index in [0.29, 0.717) is 31.0 Å². The maximum Gasteiger partial charge on any atom is 0.269 e. The molecule has 4 nitrogen and oxygen atoms in total. The van der Waals surface area contributed by atoms with Gasteiger partial charge in [-0.2, -0.15) is 0 Å². The van der Waals surface area contributed by atoms with Crippen molar-refractivity contribution in [1.29, 1.82) is 0 Å². The van der Waals surface area contributed by atoms with Crippen LogP contribution in [0.15, 0.2) is 18.2 Å². The average molecular weight is 384 g/mol. The summed E-state index contributed by atoms with van der Waals surface area (Å²) in [5.74, 6) is -0.357. The van der Waals surface area contributed by atoms with Gasteiger partial charge in [-0.15, -0.1) is 21.5 Å². The van der Waals surface area contributed by atoms with E-state index in [1.54, 1.807) is 6.07 Å². The first-order valence-corrected chi connectivity index (χ1v) is 9.56. The summed E-state index contributed by atoms with van der Waals surface area (Å²) in [5, 5.41) is 13.3. The van der Waals surface area contributed by atoms with Gasteiger partial charge in [0.15, 0.2) is 0 Å². The molecule has 0 saturated carbocycles. The van der Waals surface area contributed by atoms with Crippen LogP contribution in [0.25, 0.3) is 10.1 Å². The van der Waals surface area contributed by atoms with Crippen molar-refractivity contribution in [1.82, 2.24) is 10.2 Å². The number of carbonyl (C=O) groups is 1. The number of anilines is 1. The molecule has 1 N–H and O–H groups in total. The molecule has 0 fully saturated rings. The molecular formula is C16H15ClFN3OS2. The van der Waals surface area contributed by atoms with Crippen molar-refractivity contribution >= 4 is 55.4 Å². The molecule has 3 aromatic rings. The Bertz CT molecular complexity index is 889. The SMILES string of the molecule is CCC(CC)c1nnc(NC(=O)c2sc3cc(F)ccc3c2Cl)s1. The predicted octanol–water partition coefficient (Wildman–Crippen LogP) is 5.70. The number of fused-ring (bicyclic) bond motifs is 1. The van der Waals surface area contributed by atoms with Crippen LogP contribution in [0, 0.1) is 5.82 Å². The number of aromatic nitrogens is 2. The molecule has 0 spiro atoms. The number of benzene rings is 1. The maximum atomic E-state index is 13.3. The Balaban J connectivity index is 1.84. The summed E-state index contributed by atoms with van der Waals surface area (Å²) < 4.78 is 14.0. The van der Waals surface area contributed by atoms with E-state index in [-0.39, 0.29) is 11.7 Å². The van der Waals surface area contributed by atoms with Gasteiger partial charge in [0.2, 0.25) is 5.13 Å². The normalized spacial score (nSPS) is 11.4. The van der Waals surface area contributed by atoms with E-state index < -0.39 is 0 Å². The van der Waals surface area contributed by atoms with E-state index in [4.69, 9.17) is 11.6 Å². The van der Waals surface area contributed by atoms with E-state index in [1.165, 1.54) is 23.5 Å². The molecule has 0 aliphatic carbocycles. The fourth-order valence-corrected chi connectivity index (χ4v) is 4.87. The molecule has 2 heterocycles. The number of halogens is 2. The second kappa shape index (κ2) is 7.13. The molecule has 126 valence electrons. The molecule has 0 bridgehead atoms. The lowest BCUT2D eigenvalue weighted by atomic mass is 10.1. The molecule has 0 unspecified atom stereocenters. The minimum atomic E-state index is -0.355. The van der Waals surface area contributed by atoms with E-state index in [1.807, 2.05) is 0 Å². The van der Waals surface area contributed by atoms with Gasteiger partial charge < -0.3 is 0 Å². The number of thiophene rings is 1. The Kier molecular flexibility index (Phi) is 5.12. The lowest BCUT2D eigenvalue weighted by Gasteiger charge is -2.05. The third-order valence-electron chi connectivity index (χ3n) is 3.79. The summed E-state index contributed by atoms with van der Waals surface area (Å²) in [6, 6.07) is 4.28. The highest BCUT2D eigenvalue weighted by atomic mass is 35.5. The number of hydrogen-bond donors (Lipinski definition) is 1. The second-order valence-corrected chi connectivity index (χ2v) is 7.74. The fraction of sp³-hybridized carbons (Fsp3) is 0.312.